The van der Waals surface area contributed by atoms with Gasteiger partial charge in [0.2, 0.25) is 5.91 Å². The maximum atomic E-state index is 12.4. The zero-order valence-electron chi connectivity index (χ0n) is 18.8. The highest BCUT2D eigenvalue weighted by Crippen LogP contribution is 2.29. The van der Waals surface area contributed by atoms with Crippen LogP contribution in [0, 0.1) is 34.6 Å². The van der Waals surface area contributed by atoms with E-state index in [4.69, 9.17) is 10.1 Å². The second-order valence-corrected chi connectivity index (χ2v) is 8.81. The molecule has 5 heteroatoms. The number of fused-ring (bicyclic) bond motifs is 1. The van der Waals surface area contributed by atoms with Gasteiger partial charge in [-0.15, -0.1) is 0 Å². The van der Waals surface area contributed by atoms with Gasteiger partial charge in [-0.25, -0.2) is 9.67 Å². The van der Waals surface area contributed by atoms with E-state index in [1.54, 1.807) is 0 Å². The summed E-state index contributed by atoms with van der Waals surface area (Å²) in [5.41, 5.74) is 8.77. The summed E-state index contributed by atoms with van der Waals surface area (Å²) in [6.45, 7) is 10.5. The topological polar surface area (TPSA) is 59.8 Å². The lowest BCUT2D eigenvalue weighted by molar-refractivity contribution is -0.121. The van der Waals surface area contributed by atoms with Gasteiger partial charge in [0, 0.05) is 23.5 Å². The maximum Gasteiger partial charge on any atom is 0.220 e. The van der Waals surface area contributed by atoms with Crippen LogP contribution >= 0.6 is 0 Å². The number of rotatable bonds is 5. The van der Waals surface area contributed by atoms with Crippen molar-refractivity contribution >= 4 is 16.9 Å². The first-order valence-electron chi connectivity index (χ1n) is 11.1. The van der Waals surface area contributed by atoms with Crippen LogP contribution in [0.2, 0.25) is 0 Å². The van der Waals surface area contributed by atoms with Crippen LogP contribution in [0.1, 0.15) is 65.7 Å². The van der Waals surface area contributed by atoms with Crippen LogP contribution in [0.25, 0.3) is 16.7 Å². The molecule has 0 saturated heterocycles. The minimum atomic E-state index is 0.156. The predicted octanol–water partition coefficient (Wildman–Crippen LogP) is 4.95. The normalized spacial score (nSPS) is 14.6. The van der Waals surface area contributed by atoms with E-state index in [1.165, 1.54) is 35.1 Å². The molecular weight excluding hydrogens is 372 g/mol. The summed E-state index contributed by atoms with van der Waals surface area (Å²) in [7, 11) is 0. The summed E-state index contributed by atoms with van der Waals surface area (Å²) < 4.78 is 1.95. The van der Waals surface area contributed by atoms with Gasteiger partial charge in [-0.05, 0) is 88.3 Å². The number of aromatic nitrogens is 3. The molecule has 1 aliphatic carbocycles. The van der Waals surface area contributed by atoms with Crippen molar-refractivity contribution in [3.8, 4) is 5.69 Å². The Bertz CT molecular complexity index is 1110. The molecule has 30 heavy (non-hydrogen) atoms. The summed E-state index contributed by atoms with van der Waals surface area (Å²) in [5, 5.41) is 9.11. The Kier molecular flexibility index (Phi) is 5.63. The Morgan fingerprint density at radius 1 is 1.07 bits per heavy atom. The first kappa shape index (κ1) is 20.6. The maximum absolute atomic E-state index is 12.4. The van der Waals surface area contributed by atoms with Crippen molar-refractivity contribution in [2.75, 3.05) is 0 Å². The van der Waals surface area contributed by atoms with Gasteiger partial charge in [0.25, 0.3) is 0 Å². The van der Waals surface area contributed by atoms with Gasteiger partial charge in [-0.1, -0.05) is 18.9 Å². The van der Waals surface area contributed by atoms with Gasteiger partial charge >= 0.3 is 0 Å². The molecule has 158 valence electrons. The van der Waals surface area contributed by atoms with Crippen LogP contribution < -0.4 is 5.32 Å². The van der Waals surface area contributed by atoms with Crippen molar-refractivity contribution in [1.82, 2.24) is 20.1 Å². The molecular formula is C25H32N4O. The molecule has 1 saturated carbocycles. The third-order valence-corrected chi connectivity index (χ3v) is 6.63. The van der Waals surface area contributed by atoms with Gasteiger partial charge < -0.3 is 5.32 Å². The van der Waals surface area contributed by atoms with Crippen molar-refractivity contribution in [2.45, 2.75) is 79.2 Å². The quantitative estimate of drug-likeness (QED) is 0.654. The lowest BCUT2D eigenvalue weighted by Crippen LogP contribution is -2.32. The fraction of sp³-hybridized carbons (Fsp3) is 0.480. The molecule has 1 aromatic carbocycles. The van der Waals surface area contributed by atoms with Crippen LogP contribution in [0.5, 0.6) is 0 Å². The molecule has 1 fully saturated rings. The summed E-state index contributed by atoms with van der Waals surface area (Å²) in [6, 6.07) is 6.76. The zero-order chi connectivity index (χ0) is 21.4. The largest absolute Gasteiger partial charge is 0.353 e. The standard InChI is InChI=1S/C25H32N4O/c1-15-10-11-21(14-16(15)2)29-25-24(19(5)28-29)17(3)22(18(4)26-25)12-13-23(30)27-20-8-6-7-9-20/h10-11,14,20H,6-9,12-13H2,1-5H3,(H,27,30). The van der Waals surface area contributed by atoms with E-state index in [0.717, 1.165) is 41.0 Å². The van der Waals surface area contributed by atoms with Crippen LogP contribution in [-0.4, -0.2) is 26.7 Å². The van der Waals surface area contributed by atoms with Crippen molar-refractivity contribution in [2.24, 2.45) is 0 Å². The summed E-state index contributed by atoms with van der Waals surface area (Å²) in [5.74, 6) is 0.156. The SMILES string of the molecule is Cc1ccc(-n2nc(C)c3c(C)c(CCC(=O)NC4CCCC4)c(C)nc32)cc1C. The van der Waals surface area contributed by atoms with E-state index < -0.39 is 0 Å². The molecule has 4 rings (SSSR count). The second kappa shape index (κ2) is 8.21. The highest BCUT2D eigenvalue weighted by molar-refractivity contribution is 5.85. The molecule has 0 aliphatic heterocycles. The van der Waals surface area contributed by atoms with Crippen molar-refractivity contribution in [3.05, 3.63) is 51.8 Å². The van der Waals surface area contributed by atoms with Crippen molar-refractivity contribution in [3.63, 3.8) is 0 Å². The number of pyridine rings is 1. The van der Waals surface area contributed by atoms with E-state index in [1.807, 2.05) is 18.5 Å². The summed E-state index contributed by atoms with van der Waals surface area (Å²) in [4.78, 5) is 17.4. The third kappa shape index (κ3) is 3.85. The van der Waals surface area contributed by atoms with Crippen LogP contribution in [0.15, 0.2) is 18.2 Å². The first-order valence-corrected chi connectivity index (χ1v) is 11.1. The highest BCUT2D eigenvalue weighted by Gasteiger charge is 2.20. The molecule has 1 aliphatic rings. The number of hydrogen-bond donors (Lipinski definition) is 1. The molecule has 0 bridgehead atoms. The van der Waals surface area contributed by atoms with Gasteiger partial charge in [-0.3, -0.25) is 4.79 Å². The van der Waals surface area contributed by atoms with E-state index in [2.05, 4.69) is 44.3 Å². The molecule has 0 spiro atoms. The van der Waals surface area contributed by atoms with E-state index in [-0.39, 0.29) is 5.91 Å². The van der Waals surface area contributed by atoms with Crippen LogP contribution in [-0.2, 0) is 11.2 Å². The molecule has 3 aromatic rings. The average Bonchev–Trinajstić information content (AvgIpc) is 3.31. The lowest BCUT2D eigenvalue weighted by Gasteiger charge is -2.14. The second-order valence-electron chi connectivity index (χ2n) is 8.81. The number of nitrogens with zero attached hydrogens (tertiary/aromatic N) is 3. The number of nitrogens with one attached hydrogen (secondary N) is 1. The fourth-order valence-electron chi connectivity index (χ4n) is 4.72. The highest BCUT2D eigenvalue weighted by atomic mass is 16.1. The summed E-state index contributed by atoms with van der Waals surface area (Å²) in [6.07, 6.45) is 5.92. The molecule has 5 nitrogen and oxygen atoms in total. The monoisotopic (exact) mass is 404 g/mol. The predicted molar refractivity (Wildman–Crippen MR) is 121 cm³/mol. The number of benzene rings is 1. The average molecular weight is 405 g/mol. The molecule has 0 unspecified atom stereocenters. The van der Waals surface area contributed by atoms with Gasteiger partial charge in [0.1, 0.15) is 0 Å². The smallest absolute Gasteiger partial charge is 0.220 e. The molecule has 2 aromatic heterocycles. The lowest BCUT2D eigenvalue weighted by atomic mass is 9.99. The third-order valence-electron chi connectivity index (χ3n) is 6.63. The Hall–Kier alpha value is -2.69. The Morgan fingerprint density at radius 3 is 2.50 bits per heavy atom. The molecule has 1 N–H and O–H groups in total. The molecule has 2 heterocycles. The van der Waals surface area contributed by atoms with Crippen molar-refractivity contribution in [1.29, 1.82) is 0 Å². The van der Waals surface area contributed by atoms with Gasteiger partial charge in [-0.2, -0.15) is 5.10 Å². The minimum absolute atomic E-state index is 0.156. The summed E-state index contributed by atoms with van der Waals surface area (Å²) >= 11 is 0. The van der Waals surface area contributed by atoms with Crippen molar-refractivity contribution < 1.29 is 4.79 Å². The van der Waals surface area contributed by atoms with Crippen LogP contribution in [0.4, 0.5) is 0 Å². The molecule has 1 amide bonds. The van der Waals surface area contributed by atoms with E-state index in [9.17, 15) is 4.79 Å². The number of carbonyl (C=O) groups excluding carboxylic acids is 1. The Morgan fingerprint density at radius 2 is 1.80 bits per heavy atom. The number of amides is 1. The molecule has 0 atom stereocenters. The van der Waals surface area contributed by atoms with E-state index >= 15 is 0 Å². The fourth-order valence-corrected chi connectivity index (χ4v) is 4.72. The Balaban J connectivity index is 1.64. The van der Waals surface area contributed by atoms with Gasteiger partial charge in [0.05, 0.1) is 11.4 Å². The first-order chi connectivity index (χ1) is 14.3. The number of hydrogen-bond acceptors (Lipinski definition) is 3. The van der Waals surface area contributed by atoms with Gasteiger partial charge in [0.15, 0.2) is 5.65 Å². The molecule has 0 radical (unpaired) electrons. The Labute approximate surface area is 178 Å². The number of aryl methyl sites for hydroxylation is 5. The van der Waals surface area contributed by atoms with Crippen LogP contribution in [0.3, 0.4) is 0 Å². The number of carbonyl (C=O) groups is 1. The van der Waals surface area contributed by atoms with E-state index in [0.29, 0.717) is 18.9 Å². The zero-order valence-corrected chi connectivity index (χ0v) is 18.8. The minimum Gasteiger partial charge on any atom is -0.353 e.